The van der Waals surface area contributed by atoms with Gasteiger partial charge in [0.2, 0.25) is 0 Å². The quantitative estimate of drug-likeness (QED) is 0.120. The van der Waals surface area contributed by atoms with Crippen LogP contribution in [0, 0.1) is 27.4 Å². The number of allylic oxidation sites excluding steroid dienone is 4. The Bertz CT molecular complexity index is 1260. The van der Waals surface area contributed by atoms with Crippen molar-refractivity contribution in [2.45, 2.75) is 79.6 Å². The van der Waals surface area contributed by atoms with E-state index < -0.39 is 11.0 Å². The highest BCUT2D eigenvalue weighted by Crippen LogP contribution is 2.49. The molecule has 0 aromatic heterocycles. The maximum Gasteiger partial charge on any atom is 0.269 e. The van der Waals surface area contributed by atoms with Gasteiger partial charge in [-0.1, -0.05) is 56.7 Å². The van der Waals surface area contributed by atoms with Crippen molar-refractivity contribution in [2.75, 3.05) is 20.3 Å². The number of non-ortho nitro benzene ring substituents is 1. The van der Waals surface area contributed by atoms with Crippen LogP contribution < -0.4 is 4.74 Å². The fourth-order valence-corrected chi connectivity index (χ4v) is 5.65. The molecule has 2 aromatic rings. The topological polar surface area (TPSA) is 91.1 Å². The summed E-state index contributed by atoms with van der Waals surface area (Å²) in [7, 11) is 1.65. The van der Waals surface area contributed by atoms with Crippen molar-refractivity contribution >= 4 is 5.69 Å². The van der Waals surface area contributed by atoms with Gasteiger partial charge >= 0.3 is 0 Å². The van der Waals surface area contributed by atoms with Crippen LogP contribution in [0.2, 0.25) is 0 Å². The number of hydrogen-bond donors (Lipinski definition) is 1. The lowest BCUT2D eigenvalue weighted by atomic mass is 9.61. The molecule has 0 saturated heterocycles. The zero-order valence-electron chi connectivity index (χ0n) is 26.7. The molecule has 0 aliphatic heterocycles. The van der Waals surface area contributed by atoms with Gasteiger partial charge in [-0.3, -0.25) is 10.1 Å². The highest BCUT2D eigenvalue weighted by molar-refractivity contribution is 5.33. The van der Waals surface area contributed by atoms with E-state index in [1.807, 2.05) is 24.3 Å². The second-order valence-electron chi connectivity index (χ2n) is 12.1. The molecule has 43 heavy (non-hydrogen) atoms. The first-order valence-corrected chi connectivity index (χ1v) is 15.3. The standard InChI is InChI=1S/C36H49NO6/c1-7-26(2)9-8-10-27(3)19-20-36(5)28(4)21-35(38)33(24-42-22-29-11-15-31(16-12-29)37(39)40)34(36)25-43-23-30-13-17-32(41-6)18-14-30/h7-8,10-18,27-28,35,38H,9,19-25H2,1-6H3/b10-8+,26-7+/t27?,28-,35+,36+/m1/s1. The maximum absolute atomic E-state index is 11.3. The van der Waals surface area contributed by atoms with Gasteiger partial charge in [-0.15, -0.1) is 0 Å². The Balaban J connectivity index is 1.79. The number of aliphatic hydroxyl groups excluding tert-OH is 1. The molecule has 0 amide bonds. The summed E-state index contributed by atoms with van der Waals surface area (Å²) in [5, 5.41) is 22.3. The normalized spacial score (nSPS) is 21.8. The predicted octanol–water partition coefficient (Wildman–Crippen LogP) is 8.37. The van der Waals surface area contributed by atoms with Crippen molar-refractivity contribution in [3.8, 4) is 5.75 Å². The van der Waals surface area contributed by atoms with Gasteiger partial charge in [-0.2, -0.15) is 0 Å². The number of nitro benzene ring substituents is 1. The van der Waals surface area contributed by atoms with Crippen LogP contribution in [0.4, 0.5) is 5.69 Å². The summed E-state index contributed by atoms with van der Waals surface area (Å²) < 4.78 is 17.7. The maximum atomic E-state index is 11.3. The Morgan fingerprint density at radius 3 is 2.26 bits per heavy atom. The van der Waals surface area contributed by atoms with Gasteiger partial charge in [-0.25, -0.2) is 0 Å². The number of ether oxygens (including phenoxy) is 3. The van der Waals surface area contributed by atoms with E-state index in [4.69, 9.17) is 14.2 Å². The van der Waals surface area contributed by atoms with Crippen molar-refractivity contribution in [3.05, 3.63) is 105 Å². The summed E-state index contributed by atoms with van der Waals surface area (Å²) in [6.45, 7) is 12.5. The van der Waals surface area contributed by atoms with Crippen LogP contribution in [-0.2, 0) is 22.7 Å². The lowest BCUT2D eigenvalue weighted by molar-refractivity contribution is -0.384. The Morgan fingerprint density at radius 2 is 1.67 bits per heavy atom. The van der Waals surface area contributed by atoms with E-state index in [0.717, 1.165) is 47.3 Å². The van der Waals surface area contributed by atoms with E-state index in [-0.39, 0.29) is 23.6 Å². The molecule has 7 nitrogen and oxygen atoms in total. The summed E-state index contributed by atoms with van der Waals surface area (Å²) in [6, 6.07) is 14.3. The molecule has 2 aromatic carbocycles. The Labute approximate surface area is 257 Å². The third-order valence-corrected chi connectivity index (χ3v) is 9.01. The van der Waals surface area contributed by atoms with Crippen LogP contribution in [0.15, 0.2) is 83.5 Å². The summed E-state index contributed by atoms with van der Waals surface area (Å²) >= 11 is 0. The smallest absolute Gasteiger partial charge is 0.269 e. The van der Waals surface area contributed by atoms with Gasteiger partial charge in [-0.05, 0) is 103 Å². The van der Waals surface area contributed by atoms with Crippen LogP contribution >= 0.6 is 0 Å². The third kappa shape index (κ3) is 9.88. The van der Waals surface area contributed by atoms with Gasteiger partial charge in [0.15, 0.2) is 0 Å². The first-order valence-electron chi connectivity index (χ1n) is 15.3. The first-order chi connectivity index (χ1) is 20.6. The van der Waals surface area contributed by atoms with E-state index in [1.54, 1.807) is 19.2 Å². The van der Waals surface area contributed by atoms with Gasteiger partial charge in [0.05, 0.1) is 44.6 Å². The molecule has 0 fully saturated rings. The second kappa shape index (κ2) is 16.6. The minimum Gasteiger partial charge on any atom is -0.497 e. The van der Waals surface area contributed by atoms with Crippen molar-refractivity contribution in [1.29, 1.82) is 0 Å². The van der Waals surface area contributed by atoms with Crippen LogP contribution in [0.25, 0.3) is 0 Å². The second-order valence-corrected chi connectivity index (χ2v) is 12.1. The number of nitro groups is 1. The van der Waals surface area contributed by atoms with Crippen molar-refractivity contribution < 1.29 is 24.2 Å². The Kier molecular flexibility index (Phi) is 13.2. The summed E-state index contributed by atoms with van der Waals surface area (Å²) in [4.78, 5) is 10.6. The molecule has 0 bridgehead atoms. The average molecular weight is 592 g/mol. The number of benzene rings is 2. The average Bonchev–Trinajstić information content (AvgIpc) is 3.00. The number of nitrogens with zero attached hydrogens (tertiary/aromatic N) is 1. The molecule has 1 aliphatic carbocycles. The monoisotopic (exact) mass is 591 g/mol. The summed E-state index contributed by atoms with van der Waals surface area (Å²) in [6.07, 6.45) is 9.77. The largest absolute Gasteiger partial charge is 0.497 e. The van der Waals surface area contributed by atoms with E-state index in [0.29, 0.717) is 32.2 Å². The fraction of sp³-hybridized carbons (Fsp3) is 0.500. The number of aliphatic hydroxyl groups is 1. The third-order valence-electron chi connectivity index (χ3n) is 9.01. The predicted molar refractivity (Wildman–Crippen MR) is 172 cm³/mol. The lowest BCUT2D eigenvalue weighted by Gasteiger charge is -2.45. The van der Waals surface area contributed by atoms with Gasteiger partial charge < -0.3 is 19.3 Å². The molecular formula is C36H49NO6. The molecule has 0 saturated carbocycles. The Morgan fingerprint density at radius 1 is 1.07 bits per heavy atom. The van der Waals surface area contributed by atoms with E-state index in [2.05, 4.69) is 52.8 Å². The highest BCUT2D eigenvalue weighted by atomic mass is 16.6. The van der Waals surface area contributed by atoms with Gasteiger partial charge in [0.1, 0.15) is 5.75 Å². The zero-order chi connectivity index (χ0) is 31.4. The number of methoxy groups -OCH3 is 1. The summed E-state index contributed by atoms with van der Waals surface area (Å²) in [5.74, 6) is 1.51. The van der Waals surface area contributed by atoms with Gasteiger partial charge in [0.25, 0.3) is 5.69 Å². The molecule has 0 radical (unpaired) electrons. The highest BCUT2D eigenvalue weighted by Gasteiger charge is 2.42. The zero-order valence-corrected chi connectivity index (χ0v) is 26.7. The molecule has 1 aliphatic rings. The molecule has 7 heteroatoms. The van der Waals surface area contributed by atoms with E-state index >= 15 is 0 Å². The summed E-state index contributed by atoms with van der Waals surface area (Å²) in [5.41, 5.74) is 5.17. The number of hydrogen-bond acceptors (Lipinski definition) is 6. The van der Waals surface area contributed by atoms with Crippen molar-refractivity contribution in [3.63, 3.8) is 0 Å². The van der Waals surface area contributed by atoms with Crippen LogP contribution in [0.3, 0.4) is 0 Å². The van der Waals surface area contributed by atoms with Gasteiger partial charge in [0, 0.05) is 12.1 Å². The fourth-order valence-electron chi connectivity index (χ4n) is 5.65. The van der Waals surface area contributed by atoms with E-state index in [9.17, 15) is 15.2 Å². The van der Waals surface area contributed by atoms with E-state index in [1.165, 1.54) is 17.7 Å². The molecule has 0 heterocycles. The molecule has 3 rings (SSSR count). The minimum atomic E-state index is -0.611. The molecule has 1 unspecified atom stereocenters. The molecule has 234 valence electrons. The van der Waals surface area contributed by atoms with Crippen molar-refractivity contribution in [2.24, 2.45) is 17.3 Å². The molecule has 1 N–H and O–H groups in total. The molecular weight excluding hydrogens is 542 g/mol. The van der Waals surface area contributed by atoms with Crippen molar-refractivity contribution in [1.82, 2.24) is 0 Å². The number of rotatable bonds is 16. The first kappa shape index (κ1) is 34.2. The minimum absolute atomic E-state index is 0.0521. The Hall–Kier alpha value is -3.26. The molecule has 0 spiro atoms. The lowest BCUT2D eigenvalue weighted by Crippen LogP contribution is -2.41. The SMILES string of the molecule is C/C=C(\C)C/C=C/C(C)CC[C@]1(C)C(COCc2ccc(OC)cc2)=C(COCc2ccc([N+](=O)[O-])cc2)[C@@H](O)C[C@H]1C. The van der Waals surface area contributed by atoms with Crippen LogP contribution in [-0.4, -0.2) is 36.5 Å². The van der Waals surface area contributed by atoms with Crippen LogP contribution in [0.1, 0.15) is 71.4 Å². The molecule has 4 atom stereocenters. The van der Waals surface area contributed by atoms with Crippen LogP contribution in [0.5, 0.6) is 5.75 Å².